The molecule has 1 aliphatic rings. The first-order chi connectivity index (χ1) is 10.7. The number of nitrogens with zero attached hydrogens (tertiary/aromatic N) is 3. The Morgan fingerprint density at radius 2 is 1.87 bits per heavy atom. The lowest BCUT2D eigenvalue weighted by atomic mass is 10.1. The third-order valence-corrected chi connectivity index (χ3v) is 3.79. The number of piperazine rings is 1. The lowest BCUT2D eigenvalue weighted by Gasteiger charge is -2.35. The van der Waals surface area contributed by atoms with E-state index in [9.17, 15) is 28.1 Å². The molecule has 0 N–H and O–H groups in total. The van der Waals surface area contributed by atoms with Crippen LogP contribution in [0.2, 0.25) is 0 Å². The summed E-state index contributed by atoms with van der Waals surface area (Å²) in [6.45, 7) is 1.07. The third kappa shape index (κ3) is 4.19. The molecule has 0 radical (unpaired) electrons. The van der Waals surface area contributed by atoms with E-state index in [1.54, 1.807) is 0 Å². The van der Waals surface area contributed by atoms with Crippen LogP contribution >= 0.6 is 0 Å². The van der Waals surface area contributed by atoms with Gasteiger partial charge in [-0.25, -0.2) is 0 Å². The van der Waals surface area contributed by atoms with Crippen LogP contribution in [0.25, 0.3) is 0 Å². The van der Waals surface area contributed by atoms with E-state index in [1.807, 2.05) is 0 Å². The van der Waals surface area contributed by atoms with Gasteiger partial charge < -0.3 is 4.90 Å². The lowest BCUT2D eigenvalue weighted by Crippen LogP contribution is -2.51. The van der Waals surface area contributed by atoms with Gasteiger partial charge in [0.05, 0.1) is 11.5 Å². The first kappa shape index (κ1) is 17.2. The van der Waals surface area contributed by atoms with Crippen LogP contribution in [0, 0.1) is 17.0 Å². The van der Waals surface area contributed by atoms with Crippen molar-refractivity contribution in [3.8, 4) is 0 Å². The van der Waals surface area contributed by atoms with Gasteiger partial charge in [-0.2, -0.15) is 13.2 Å². The largest absolute Gasteiger partial charge is 0.401 e. The van der Waals surface area contributed by atoms with Gasteiger partial charge in [0, 0.05) is 43.4 Å². The fourth-order valence-corrected chi connectivity index (χ4v) is 2.59. The molecule has 9 heteroatoms. The van der Waals surface area contributed by atoms with Gasteiger partial charge in [0.2, 0.25) is 0 Å². The summed E-state index contributed by atoms with van der Waals surface area (Å²) in [5.74, 6) is -0.391. The summed E-state index contributed by atoms with van der Waals surface area (Å²) >= 11 is 0. The fraction of sp³-hybridized carbons (Fsp3) is 0.500. The molecule has 0 aliphatic carbocycles. The number of nitro benzene ring substituents is 1. The molecule has 0 atom stereocenters. The summed E-state index contributed by atoms with van der Waals surface area (Å²) in [6.07, 6.45) is -4.26. The highest BCUT2D eigenvalue weighted by atomic mass is 19.4. The normalized spacial score (nSPS) is 16.4. The highest BCUT2D eigenvalue weighted by molar-refractivity contribution is 5.96. The maximum atomic E-state index is 12.4. The highest BCUT2D eigenvalue weighted by Crippen LogP contribution is 2.23. The predicted octanol–water partition coefficient (Wildman–Crippen LogP) is 2.22. The molecule has 1 heterocycles. The minimum atomic E-state index is -4.26. The molecule has 6 nitrogen and oxygen atoms in total. The van der Waals surface area contributed by atoms with E-state index in [0.29, 0.717) is 0 Å². The molecular formula is C14H16F3N3O3. The zero-order valence-electron chi connectivity index (χ0n) is 12.5. The first-order valence-electron chi connectivity index (χ1n) is 7.01. The number of alkyl halides is 3. The number of carbonyl (C=O) groups is 1. The van der Waals surface area contributed by atoms with Crippen molar-refractivity contribution >= 4 is 11.6 Å². The Morgan fingerprint density at radius 1 is 1.26 bits per heavy atom. The van der Waals surface area contributed by atoms with Crippen molar-refractivity contribution in [1.82, 2.24) is 9.80 Å². The van der Waals surface area contributed by atoms with Gasteiger partial charge >= 0.3 is 6.18 Å². The summed E-state index contributed by atoms with van der Waals surface area (Å²) in [5.41, 5.74) is 0.329. The molecule has 1 amide bonds. The van der Waals surface area contributed by atoms with Crippen LogP contribution in [0.15, 0.2) is 18.2 Å². The van der Waals surface area contributed by atoms with Gasteiger partial charge in [-0.3, -0.25) is 19.8 Å². The van der Waals surface area contributed by atoms with Crippen molar-refractivity contribution in [3.63, 3.8) is 0 Å². The van der Waals surface area contributed by atoms with Crippen molar-refractivity contribution in [2.75, 3.05) is 32.7 Å². The Kier molecular flexibility index (Phi) is 4.88. The third-order valence-electron chi connectivity index (χ3n) is 3.79. The van der Waals surface area contributed by atoms with Crippen LogP contribution in [0.5, 0.6) is 0 Å². The van der Waals surface area contributed by atoms with Crippen LogP contribution in [-0.4, -0.2) is 59.5 Å². The standard InChI is InChI=1S/C14H16F3N3O3/c1-10-11(3-2-4-12(10)20(22)23)13(21)19-7-5-18(6-8-19)9-14(15,16)17/h2-4H,5-9H2,1H3. The molecule has 0 bridgehead atoms. The van der Waals surface area contributed by atoms with Crippen molar-refractivity contribution in [2.45, 2.75) is 13.1 Å². The fourth-order valence-electron chi connectivity index (χ4n) is 2.59. The molecule has 126 valence electrons. The monoisotopic (exact) mass is 331 g/mol. The van der Waals surface area contributed by atoms with Crippen molar-refractivity contribution in [2.24, 2.45) is 0 Å². The minimum Gasteiger partial charge on any atom is -0.336 e. The maximum Gasteiger partial charge on any atom is 0.401 e. The van der Waals surface area contributed by atoms with Gasteiger partial charge in [0.15, 0.2) is 0 Å². The molecule has 1 aromatic carbocycles. The van der Waals surface area contributed by atoms with E-state index >= 15 is 0 Å². The van der Waals surface area contributed by atoms with E-state index in [1.165, 1.54) is 34.9 Å². The van der Waals surface area contributed by atoms with Crippen molar-refractivity contribution in [3.05, 3.63) is 39.4 Å². The molecule has 2 rings (SSSR count). The highest BCUT2D eigenvalue weighted by Gasteiger charge is 2.33. The summed E-state index contributed by atoms with van der Waals surface area (Å²) in [4.78, 5) is 25.5. The molecule has 1 aliphatic heterocycles. The van der Waals surface area contributed by atoms with Gasteiger partial charge in [0.25, 0.3) is 11.6 Å². The average molecular weight is 331 g/mol. The molecule has 0 spiro atoms. The Morgan fingerprint density at radius 3 is 2.39 bits per heavy atom. The Bertz CT molecular complexity index is 611. The lowest BCUT2D eigenvalue weighted by molar-refractivity contribution is -0.385. The number of halogens is 3. The van der Waals surface area contributed by atoms with Crippen LogP contribution in [0.3, 0.4) is 0 Å². The molecule has 1 aromatic rings. The number of amides is 1. The number of nitro groups is 1. The van der Waals surface area contributed by atoms with Crippen LogP contribution in [0.1, 0.15) is 15.9 Å². The van der Waals surface area contributed by atoms with E-state index in [-0.39, 0.29) is 43.0 Å². The molecule has 23 heavy (non-hydrogen) atoms. The number of hydrogen-bond acceptors (Lipinski definition) is 4. The zero-order chi connectivity index (χ0) is 17.2. The zero-order valence-corrected chi connectivity index (χ0v) is 12.5. The second kappa shape index (κ2) is 6.53. The number of carbonyl (C=O) groups excluding carboxylic acids is 1. The molecule has 0 unspecified atom stereocenters. The topological polar surface area (TPSA) is 66.7 Å². The van der Waals surface area contributed by atoms with Crippen LogP contribution in [0.4, 0.5) is 18.9 Å². The van der Waals surface area contributed by atoms with Gasteiger partial charge in [-0.05, 0) is 13.0 Å². The van der Waals surface area contributed by atoms with E-state index in [0.717, 1.165) is 0 Å². The number of hydrogen-bond donors (Lipinski definition) is 0. The van der Waals surface area contributed by atoms with Crippen molar-refractivity contribution < 1.29 is 22.9 Å². The van der Waals surface area contributed by atoms with E-state index in [2.05, 4.69) is 0 Å². The summed E-state index contributed by atoms with van der Waals surface area (Å²) in [6, 6.07) is 4.23. The average Bonchev–Trinajstić information content (AvgIpc) is 2.45. The van der Waals surface area contributed by atoms with E-state index in [4.69, 9.17) is 0 Å². The summed E-state index contributed by atoms with van der Waals surface area (Å²) in [7, 11) is 0. The Balaban J connectivity index is 2.06. The smallest absolute Gasteiger partial charge is 0.336 e. The quantitative estimate of drug-likeness (QED) is 0.629. The molecule has 1 fully saturated rings. The SMILES string of the molecule is Cc1c(C(=O)N2CCN(CC(F)(F)F)CC2)cccc1[N+](=O)[O-]. The van der Waals surface area contributed by atoms with Gasteiger partial charge in [-0.1, -0.05) is 6.07 Å². The van der Waals surface area contributed by atoms with Gasteiger partial charge in [-0.15, -0.1) is 0 Å². The first-order valence-corrected chi connectivity index (χ1v) is 7.01. The van der Waals surface area contributed by atoms with Crippen LogP contribution in [-0.2, 0) is 0 Å². The number of rotatable bonds is 3. The van der Waals surface area contributed by atoms with Gasteiger partial charge in [0.1, 0.15) is 0 Å². The molecular weight excluding hydrogens is 315 g/mol. The maximum absolute atomic E-state index is 12.4. The van der Waals surface area contributed by atoms with Crippen molar-refractivity contribution in [1.29, 1.82) is 0 Å². The summed E-state index contributed by atoms with van der Waals surface area (Å²) in [5, 5.41) is 10.9. The molecule has 1 saturated heterocycles. The molecule has 0 saturated carbocycles. The van der Waals surface area contributed by atoms with E-state index < -0.39 is 23.6 Å². The second-order valence-corrected chi connectivity index (χ2v) is 5.39. The van der Waals surface area contributed by atoms with Crippen LogP contribution < -0.4 is 0 Å². The Labute approximate surface area is 130 Å². The summed E-state index contributed by atoms with van der Waals surface area (Å²) < 4.78 is 37.0. The predicted molar refractivity (Wildman–Crippen MR) is 76.2 cm³/mol. The minimum absolute atomic E-state index is 0.124. The Hall–Kier alpha value is -2.16. The second-order valence-electron chi connectivity index (χ2n) is 5.39. The number of benzene rings is 1. The molecule has 0 aromatic heterocycles.